The lowest BCUT2D eigenvalue weighted by Crippen LogP contribution is -2.52. The number of rotatable bonds is 5. The summed E-state index contributed by atoms with van der Waals surface area (Å²) in [5, 5.41) is 1.76. The number of benzene rings is 2. The van der Waals surface area contributed by atoms with Crippen molar-refractivity contribution >= 4 is 49.9 Å². The van der Waals surface area contributed by atoms with Crippen LogP contribution in [0, 0.1) is 12.8 Å². The van der Waals surface area contributed by atoms with Crippen molar-refractivity contribution in [1.82, 2.24) is 9.88 Å². The highest BCUT2D eigenvalue weighted by molar-refractivity contribution is 7.22. The molecule has 2 fully saturated rings. The second kappa shape index (κ2) is 10.0. The van der Waals surface area contributed by atoms with Crippen LogP contribution in [0.1, 0.15) is 25.3 Å². The van der Waals surface area contributed by atoms with Crippen LogP contribution in [0.15, 0.2) is 36.4 Å². The van der Waals surface area contributed by atoms with Crippen LogP contribution in [0.3, 0.4) is 0 Å². The van der Waals surface area contributed by atoms with E-state index in [0.717, 1.165) is 78.2 Å². The monoisotopic (exact) mass is 498 g/mol. The molecule has 3 heterocycles. The standard InChI is InChI=1S/C26H31ClN4O2S/c1-3-33-21-8-9-22-24(16-21)34-26(28-22)31-10-4-5-19(17-31)25(32)30-13-11-29(12-14-30)23-15-20(27)7-6-18(23)2/h6-9,15-16,19H,3-5,10-14,17H2,1-2H3/t19-/m1/s1. The number of halogens is 1. The Morgan fingerprint density at radius 1 is 1.12 bits per heavy atom. The minimum Gasteiger partial charge on any atom is -0.494 e. The van der Waals surface area contributed by atoms with Gasteiger partial charge < -0.3 is 19.4 Å². The van der Waals surface area contributed by atoms with Gasteiger partial charge in [-0.2, -0.15) is 0 Å². The van der Waals surface area contributed by atoms with Crippen LogP contribution in [-0.4, -0.2) is 61.7 Å². The van der Waals surface area contributed by atoms with E-state index in [1.807, 2.05) is 31.2 Å². The number of anilines is 2. The number of ether oxygens (including phenoxy) is 1. The Morgan fingerprint density at radius 2 is 1.94 bits per heavy atom. The Kier molecular flexibility index (Phi) is 6.84. The molecule has 180 valence electrons. The Hall–Kier alpha value is -2.51. The Balaban J connectivity index is 1.22. The van der Waals surface area contributed by atoms with Crippen molar-refractivity contribution in [3.05, 3.63) is 47.0 Å². The van der Waals surface area contributed by atoms with Crippen molar-refractivity contribution in [2.24, 2.45) is 5.92 Å². The lowest BCUT2D eigenvalue weighted by molar-refractivity contribution is -0.136. The Labute approximate surface area is 210 Å². The molecular weight excluding hydrogens is 468 g/mol. The van der Waals surface area contributed by atoms with Crippen molar-refractivity contribution in [2.75, 3.05) is 55.7 Å². The van der Waals surface area contributed by atoms with E-state index >= 15 is 0 Å². The van der Waals surface area contributed by atoms with Crippen LogP contribution >= 0.6 is 22.9 Å². The third-order valence-corrected chi connectivity index (χ3v) is 8.12. The van der Waals surface area contributed by atoms with E-state index in [-0.39, 0.29) is 11.8 Å². The number of amides is 1. The molecule has 8 heteroatoms. The summed E-state index contributed by atoms with van der Waals surface area (Å²) in [6.07, 6.45) is 1.96. The van der Waals surface area contributed by atoms with Gasteiger partial charge in [0.15, 0.2) is 5.13 Å². The molecule has 0 spiro atoms. The molecule has 0 radical (unpaired) electrons. The molecule has 0 unspecified atom stereocenters. The number of carbonyl (C=O) groups excluding carboxylic acids is 1. The first-order valence-electron chi connectivity index (χ1n) is 12.1. The molecule has 2 aromatic carbocycles. The zero-order valence-electron chi connectivity index (χ0n) is 19.8. The zero-order chi connectivity index (χ0) is 23.7. The average molecular weight is 499 g/mol. The fourth-order valence-corrected chi connectivity index (χ4v) is 6.18. The molecule has 5 rings (SSSR count). The minimum absolute atomic E-state index is 0.0270. The van der Waals surface area contributed by atoms with Gasteiger partial charge >= 0.3 is 0 Å². The smallest absolute Gasteiger partial charge is 0.227 e. The molecule has 3 aromatic rings. The predicted octanol–water partition coefficient (Wildman–Crippen LogP) is 5.22. The van der Waals surface area contributed by atoms with Crippen LogP contribution in [0.4, 0.5) is 10.8 Å². The van der Waals surface area contributed by atoms with Gasteiger partial charge in [0.2, 0.25) is 5.91 Å². The molecule has 2 saturated heterocycles. The van der Waals surface area contributed by atoms with E-state index in [1.54, 1.807) is 11.3 Å². The van der Waals surface area contributed by atoms with Gasteiger partial charge in [-0.25, -0.2) is 4.98 Å². The lowest BCUT2D eigenvalue weighted by Gasteiger charge is -2.40. The van der Waals surface area contributed by atoms with Crippen LogP contribution in [0.5, 0.6) is 5.75 Å². The number of thiazole rings is 1. The van der Waals surface area contributed by atoms with Crippen LogP contribution in [0.2, 0.25) is 5.02 Å². The topological polar surface area (TPSA) is 48.9 Å². The van der Waals surface area contributed by atoms with Gasteiger partial charge in [-0.3, -0.25) is 4.79 Å². The highest BCUT2D eigenvalue weighted by Gasteiger charge is 2.32. The fourth-order valence-electron chi connectivity index (χ4n) is 4.99. The second-order valence-corrected chi connectivity index (χ2v) is 10.5. The van der Waals surface area contributed by atoms with Gasteiger partial charge in [0, 0.05) is 50.0 Å². The number of aryl methyl sites for hydroxylation is 1. The number of nitrogens with zero attached hydrogens (tertiary/aromatic N) is 4. The van der Waals surface area contributed by atoms with E-state index in [4.69, 9.17) is 21.3 Å². The van der Waals surface area contributed by atoms with E-state index in [2.05, 4.69) is 33.8 Å². The quantitative estimate of drug-likeness (QED) is 0.482. The molecule has 1 aromatic heterocycles. The van der Waals surface area contributed by atoms with Crippen molar-refractivity contribution < 1.29 is 9.53 Å². The average Bonchev–Trinajstić information content (AvgIpc) is 3.29. The van der Waals surface area contributed by atoms with E-state index in [1.165, 1.54) is 11.3 Å². The number of fused-ring (bicyclic) bond motifs is 1. The molecule has 1 atom stereocenters. The van der Waals surface area contributed by atoms with E-state index in [0.29, 0.717) is 6.61 Å². The van der Waals surface area contributed by atoms with E-state index < -0.39 is 0 Å². The number of aromatic nitrogens is 1. The summed E-state index contributed by atoms with van der Waals surface area (Å²) in [6, 6.07) is 12.1. The lowest BCUT2D eigenvalue weighted by atomic mass is 9.96. The Bertz CT molecular complexity index is 1170. The van der Waals surface area contributed by atoms with Crippen molar-refractivity contribution in [3.63, 3.8) is 0 Å². The van der Waals surface area contributed by atoms with Gasteiger partial charge in [-0.05, 0) is 62.6 Å². The maximum atomic E-state index is 13.4. The van der Waals surface area contributed by atoms with Gasteiger partial charge in [0.25, 0.3) is 0 Å². The third-order valence-electron chi connectivity index (χ3n) is 6.80. The van der Waals surface area contributed by atoms with Crippen molar-refractivity contribution in [2.45, 2.75) is 26.7 Å². The first-order valence-corrected chi connectivity index (χ1v) is 13.3. The molecule has 6 nitrogen and oxygen atoms in total. The van der Waals surface area contributed by atoms with Crippen LogP contribution in [-0.2, 0) is 4.79 Å². The largest absolute Gasteiger partial charge is 0.494 e. The SMILES string of the molecule is CCOc1ccc2nc(N3CCC[C@@H](C(=O)N4CCN(c5cc(Cl)ccc5C)CC4)C3)sc2c1. The van der Waals surface area contributed by atoms with Crippen LogP contribution < -0.4 is 14.5 Å². The number of piperidine rings is 1. The molecule has 0 N–H and O–H groups in total. The molecule has 2 aliphatic heterocycles. The number of hydrogen-bond donors (Lipinski definition) is 0. The highest BCUT2D eigenvalue weighted by Crippen LogP contribution is 2.34. The summed E-state index contributed by atoms with van der Waals surface area (Å²) < 4.78 is 6.76. The molecule has 34 heavy (non-hydrogen) atoms. The minimum atomic E-state index is 0.0270. The van der Waals surface area contributed by atoms with Gasteiger partial charge in [0.1, 0.15) is 5.75 Å². The normalized spacial score (nSPS) is 19.0. The summed E-state index contributed by atoms with van der Waals surface area (Å²) in [4.78, 5) is 24.9. The zero-order valence-corrected chi connectivity index (χ0v) is 21.4. The molecule has 0 saturated carbocycles. The first-order chi connectivity index (χ1) is 16.5. The maximum Gasteiger partial charge on any atom is 0.227 e. The fraction of sp³-hybridized carbons (Fsp3) is 0.462. The summed E-state index contributed by atoms with van der Waals surface area (Å²) in [6.45, 7) is 9.62. The molecule has 2 aliphatic rings. The third kappa shape index (κ3) is 4.82. The predicted molar refractivity (Wildman–Crippen MR) is 141 cm³/mol. The highest BCUT2D eigenvalue weighted by atomic mass is 35.5. The molecule has 0 bridgehead atoms. The number of carbonyl (C=O) groups is 1. The second-order valence-electron chi connectivity index (χ2n) is 9.09. The summed E-state index contributed by atoms with van der Waals surface area (Å²) in [5.41, 5.74) is 3.38. The first kappa shape index (κ1) is 23.2. The maximum absolute atomic E-state index is 13.4. The van der Waals surface area contributed by atoms with Crippen molar-refractivity contribution in [1.29, 1.82) is 0 Å². The van der Waals surface area contributed by atoms with Gasteiger partial charge in [-0.1, -0.05) is 29.0 Å². The van der Waals surface area contributed by atoms with E-state index in [9.17, 15) is 4.79 Å². The summed E-state index contributed by atoms with van der Waals surface area (Å²) >= 11 is 7.91. The van der Waals surface area contributed by atoms with Crippen LogP contribution in [0.25, 0.3) is 10.2 Å². The summed E-state index contributed by atoms with van der Waals surface area (Å²) in [5.74, 6) is 1.19. The summed E-state index contributed by atoms with van der Waals surface area (Å²) in [7, 11) is 0. The molecule has 0 aliphatic carbocycles. The molecular formula is C26H31ClN4O2S. The van der Waals surface area contributed by atoms with Crippen molar-refractivity contribution in [3.8, 4) is 5.75 Å². The van der Waals surface area contributed by atoms with Gasteiger partial charge in [0.05, 0.1) is 22.7 Å². The number of piperazine rings is 1. The Morgan fingerprint density at radius 3 is 2.74 bits per heavy atom. The van der Waals surface area contributed by atoms with Gasteiger partial charge in [-0.15, -0.1) is 0 Å². The molecule has 1 amide bonds. The number of hydrogen-bond acceptors (Lipinski definition) is 6.